The Morgan fingerprint density at radius 2 is 1.33 bits per heavy atom. The number of hydrogen-bond acceptors (Lipinski definition) is 15. The van der Waals surface area contributed by atoms with Crippen LogP contribution in [0.2, 0.25) is 0 Å². The van der Waals surface area contributed by atoms with E-state index in [1.54, 1.807) is 6.92 Å². The molecule has 15 nitrogen and oxygen atoms in total. The normalized spacial score (nSPS) is 40.4. The van der Waals surface area contributed by atoms with E-state index in [1.165, 1.54) is 13.0 Å². The maximum Gasteiger partial charge on any atom is 0.357 e. The van der Waals surface area contributed by atoms with Crippen LogP contribution < -0.4 is 9.47 Å². The van der Waals surface area contributed by atoms with E-state index in [4.69, 9.17) is 18.9 Å². The van der Waals surface area contributed by atoms with Crippen LogP contribution >= 0.6 is 0 Å². The molecule has 5 aliphatic rings. The van der Waals surface area contributed by atoms with Gasteiger partial charge in [-0.05, 0) is 48.9 Å². The zero-order valence-corrected chi connectivity index (χ0v) is 24.6. The average Bonchev–Trinajstić information content (AvgIpc) is 3.17. The van der Waals surface area contributed by atoms with Gasteiger partial charge in [0.25, 0.3) is 11.2 Å². The highest BCUT2D eigenvalue weighted by Crippen LogP contribution is 2.58. The Labute approximate surface area is 259 Å². The van der Waals surface area contributed by atoms with Gasteiger partial charge in [0.15, 0.2) is 0 Å². The van der Waals surface area contributed by atoms with Crippen molar-refractivity contribution in [2.75, 3.05) is 7.11 Å². The summed E-state index contributed by atoms with van der Waals surface area (Å²) in [6.45, 7) is 3.06. The summed E-state index contributed by atoms with van der Waals surface area (Å²) in [5.41, 5.74) is -13.0. The number of ketones is 2. The van der Waals surface area contributed by atoms with Crippen LogP contribution in [0.25, 0.3) is 11.1 Å². The predicted molar refractivity (Wildman–Crippen MR) is 148 cm³/mol. The highest BCUT2D eigenvalue weighted by Gasteiger charge is 2.82. The zero-order chi connectivity index (χ0) is 33.5. The van der Waals surface area contributed by atoms with Gasteiger partial charge in [-0.2, -0.15) is 0 Å². The maximum atomic E-state index is 14.0. The molecule has 15 heteroatoms. The monoisotopic (exact) mass is 642 g/mol. The highest BCUT2D eigenvalue weighted by atomic mass is 16.6. The molecule has 2 aromatic carbocycles. The molecule has 0 spiro atoms. The third-order valence-electron chi connectivity index (χ3n) is 10.5. The quantitative estimate of drug-likeness (QED) is 0.197. The fraction of sp³-hybridized carbons (Fsp3) is 0.484. The van der Waals surface area contributed by atoms with Crippen LogP contribution in [0.3, 0.4) is 0 Å². The molecule has 46 heavy (non-hydrogen) atoms. The lowest BCUT2D eigenvalue weighted by Crippen LogP contribution is -2.81. The summed E-state index contributed by atoms with van der Waals surface area (Å²) in [4.78, 5) is 53.9. The third kappa shape index (κ3) is 3.05. The van der Waals surface area contributed by atoms with E-state index < -0.39 is 111 Å². The number of methoxy groups -OCH3 is 1. The highest BCUT2D eigenvalue weighted by molar-refractivity contribution is 6.16. The Morgan fingerprint density at radius 3 is 1.89 bits per heavy atom. The Morgan fingerprint density at radius 1 is 0.804 bits per heavy atom. The van der Waals surface area contributed by atoms with E-state index in [1.807, 2.05) is 0 Å². The number of esters is 2. The molecule has 3 fully saturated rings. The SMILES string of the molecule is COC(=O)C12Oc3ccc(-c4ccc5c(c4O)C(=O)C4(O)C6CC(C)C(O)C4(O5)C(=O)O6)c(O)c3C(=O)C1(O)C(O)CC(C)C2O. The molecule has 10 atom stereocenters. The van der Waals surface area contributed by atoms with E-state index in [0.717, 1.165) is 25.3 Å². The molecule has 3 heterocycles. The lowest BCUT2D eigenvalue weighted by molar-refractivity contribution is -0.249. The number of aliphatic hydroxyl groups is 5. The number of carbonyl (C=O) groups excluding carboxylic acids is 4. The van der Waals surface area contributed by atoms with E-state index in [9.17, 15) is 54.9 Å². The molecule has 0 aromatic heterocycles. The average molecular weight is 643 g/mol. The Bertz CT molecular complexity index is 1770. The first-order chi connectivity index (χ1) is 21.5. The first kappa shape index (κ1) is 30.4. The van der Waals surface area contributed by atoms with Crippen molar-refractivity contribution >= 4 is 23.5 Å². The van der Waals surface area contributed by atoms with Gasteiger partial charge in [-0.1, -0.05) is 13.8 Å². The molecule has 2 aliphatic carbocycles. The standard InChI is InChI=1S/C31H30O15/c1-10-8-16(32)28(41)24(37)18-14(45-30(28,22(10)35)26(39)43-3)6-4-12(20(18)33)13-5-7-15-19(21(13)34)25(38)29(42)17-9-11(2)23(36)31(29,46-15)27(40)44-17/h4-7,10-11,16-17,22-23,32-36,41-42H,8-9H2,1-3H3. The zero-order valence-electron chi connectivity index (χ0n) is 24.6. The molecule has 1 saturated heterocycles. The molecule has 0 amide bonds. The number of ether oxygens (including phenoxy) is 4. The summed E-state index contributed by atoms with van der Waals surface area (Å²) in [7, 11) is 0.935. The predicted octanol–water partition coefficient (Wildman–Crippen LogP) is -0.885. The van der Waals surface area contributed by atoms with Crippen LogP contribution in [0.15, 0.2) is 24.3 Å². The number of phenols is 2. The number of rotatable bonds is 2. The third-order valence-corrected chi connectivity index (χ3v) is 10.5. The first-order valence-corrected chi connectivity index (χ1v) is 14.5. The van der Waals surface area contributed by atoms with Gasteiger partial charge in [0.2, 0.25) is 22.8 Å². The largest absolute Gasteiger partial charge is 0.506 e. The topological polar surface area (TPSA) is 247 Å². The summed E-state index contributed by atoms with van der Waals surface area (Å²) in [6.07, 6.45) is -7.24. The molecular weight excluding hydrogens is 612 g/mol. The molecule has 244 valence electrons. The van der Waals surface area contributed by atoms with Gasteiger partial charge in [-0.15, -0.1) is 0 Å². The van der Waals surface area contributed by atoms with Crippen LogP contribution in [0.1, 0.15) is 47.4 Å². The van der Waals surface area contributed by atoms with Gasteiger partial charge < -0.3 is 54.7 Å². The molecule has 10 unspecified atom stereocenters. The number of carbonyl (C=O) groups is 4. The van der Waals surface area contributed by atoms with Crippen molar-refractivity contribution < 1.29 is 73.9 Å². The second kappa shape index (κ2) is 9.17. The molecule has 2 aromatic rings. The molecule has 2 bridgehead atoms. The van der Waals surface area contributed by atoms with Crippen molar-refractivity contribution in [3.05, 3.63) is 35.4 Å². The smallest absolute Gasteiger partial charge is 0.357 e. The van der Waals surface area contributed by atoms with Crippen molar-refractivity contribution in [2.45, 2.75) is 73.5 Å². The number of benzene rings is 2. The van der Waals surface area contributed by atoms with Crippen LogP contribution in [-0.4, -0.2) is 113 Å². The van der Waals surface area contributed by atoms with Gasteiger partial charge in [0, 0.05) is 11.1 Å². The van der Waals surface area contributed by atoms with Gasteiger partial charge in [-0.25, -0.2) is 9.59 Å². The van der Waals surface area contributed by atoms with Gasteiger partial charge in [0.05, 0.1) is 13.2 Å². The molecular formula is C31H30O15. The number of aromatic hydroxyl groups is 2. The Balaban J connectivity index is 1.38. The van der Waals surface area contributed by atoms with Crippen LogP contribution in [0.4, 0.5) is 0 Å². The second-order valence-electron chi connectivity index (χ2n) is 12.8. The van der Waals surface area contributed by atoms with Gasteiger partial charge in [0.1, 0.15) is 52.4 Å². The number of Topliss-reactive ketones (excluding diaryl/α,β-unsaturated/α-hetero) is 2. The van der Waals surface area contributed by atoms with Gasteiger partial charge in [-0.3, -0.25) is 9.59 Å². The molecule has 7 rings (SSSR count). The fourth-order valence-corrected chi connectivity index (χ4v) is 7.99. The summed E-state index contributed by atoms with van der Waals surface area (Å²) in [5.74, 6) is -9.09. The molecule has 3 aliphatic heterocycles. The molecule has 7 N–H and O–H groups in total. The Hall–Kier alpha value is -4.28. The van der Waals surface area contributed by atoms with E-state index >= 15 is 0 Å². The maximum absolute atomic E-state index is 14.0. The molecule has 0 radical (unpaired) electrons. The lowest BCUT2D eigenvalue weighted by atomic mass is 9.60. The van der Waals surface area contributed by atoms with Crippen molar-refractivity contribution in [2.24, 2.45) is 11.8 Å². The number of phenolic OH excluding ortho intramolecular Hbond substituents is 2. The van der Waals surface area contributed by atoms with E-state index in [-0.39, 0.29) is 29.7 Å². The van der Waals surface area contributed by atoms with Crippen LogP contribution in [0, 0.1) is 11.8 Å². The summed E-state index contributed by atoms with van der Waals surface area (Å²) < 4.78 is 21.6. The van der Waals surface area contributed by atoms with Gasteiger partial charge >= 0.3 is 11.9 Å². The Kier molecular flexibility index (Phi) is 6.05. The summed E-state index contributed by atoms with van der Waals surface area (Å²) >= 11 is 0. The molecule has 2 saturated carbocycles. The second-order valence-corrected chi connectivity index (χ2v) is 12.8. The fourth-order valence-electron chi connectivity index (χ4n) is 7.99. The summed E-state index contributed by atoms with van der Waals surface area (Å²) in [5, 5.41) is 79.2. The number of fused-ring (bicyclic) bond motifs is 3. The lowest BCUT2D eigenvalue weighted by Gasteiger charge is -2.55. The first-order valence-electron chi connectivity index (χ1n) is 14.5. The number of hydrogen-bond donors (Lipinski definition) is 7. The van der Waals surface area contributed by atoms with Crippen molar-refractivity contribution in [1.82, 2.24) is 0 Å². The van der Waals surface area contributed by atoms with Crippen molar-refractivity contribution in [1.29, 1.82) is 0 Å². The van der Waals surface area contributed by atoms with Crippen molar-refractivity contribution in [3.8, 4) is 34.1 Å². The minimum atomic E-state index is -3.13. The minimum Gasteiger partial charge on any atom is -0.506 e. The van der Waals surface area contributed by atoms with E-state index in [2.05, 4.69) is 0 Å². The van der Waals surface area contributed by atoms with Crippen LogP contribution in [0.5, 0.6) is 23.0 Å². The minimum absolute atomic E-state index is 0.0843. The van der Waals surface area contributed by atoms with E-state index in [0.29, 0.717) is 0 Å². The van der Waals surface area contributed by atoms with Crippen molar-refractivity contribution in [3.63, 3.8) is 0 Å². The van der Waals surface area contributed by atoms with Crippen LogP contribution in [-0.2, 0) is 19.1 Å². The number of aliphatic hydroxyl groups excluding tert-OH is 3. The summed E-state index contributed by atoms with van der Waals surface area (Å²) in [6, 6.07) is 4.58.